The largest absolute Gasteiger partial charge is 0.481 e. The Labute approximate surface area is 165 Å². The summed E-state index contributed by atoms with van der Waals surface area (Å²) in [6.07, 6.45) is 9.65. The lowest BCUT2D eigenvalue weighted by Gasteiger charge is -2.10. The maximum atomic E-state index is 5.34. The fourth-order valence-corrected chi connectivity index (χ4v) is 3.81. The molecule has 4 aromatic rings. The molecule has 27 heavy (non-hydrogen) atoms. The molecular formula is C20H18BrN5O. The van der Waals surface area contributed by atoms with E-state index in [0.29, 0.717) is 12.6 Å². The third kappa shape index (κ3) is 3.02. The molecule has 0 spiro atoms. The normalized spacial score (nSPS) is 14.0. The molecule has 0 aliphatic heterocycles. The number of fused-ring (bicyclic) bond motifs is 1. The first kappa shape index (κ1) is 16.5. The number of hydrogen-bond donors (Lipinski definition) is 0. The summed E-state index contributed by atoms with van der Waals surface area (Å²) in [6.45, 7) is 0.652. The number of methoxy groups -OCH3 is 1. The van der Waals surface area contributed by atoms with Crippen LogP contribution in [0.25, 0.3) is 22.4 Å². The van der Waals surface area contributed by atoms with Gasteiger partial charge in [0.25, 0.3) is 0 Å². The Balaban J connectivity index is 1.58. The van der Waals surface area contributed by atoms with E-state index in [9.17, 15) is 0 Å². The van der Waals surface area contributed by atoms with Gasteiger partial charge in [-0.3, -0.25) is 9.55 Å². The lowest BCUT2D eigenvalue weighted by Crippen LogP contribution is -2.03. The van der Waals surface area contributed by atoms with Crippen molar-refractivity contribution in [3.8, 4) is 17.3 Å². The summed E-state index contributed by atoms with van der Waals surface area (Å²) in [7, 11) is 1.65. The van der Waals surface area contributed by atoms with E-state index < -0.39 is 0 Å². The van der Waals surface area contributed by atoms with Crippen molar-refractivity contribution in [2.45, 2.75) is 25.4 Å². The monoisotopic (exact) mass is 423 g/mol. The Hall–Kier alpha value is -2.67. The molecule has 1 saturated carbocycles. The molecule has 7 heteroatoms. The van der Waals surface area contributed by atoms with Gasteiger partial charge in [-0.1, -0.05) is 15.9 Å². The molecule has 0 unspecified atom stereocenters. The lowest BCUT2D eigenvalue weighted by atomic mass is 10.2. The van der Waals surface area contributed by atoms with Gasteiger partial charge < -0.3 is 9.30 Å². The highest BCUT2D eigenvalue weighted by Gasteiger charge is 2.29. The molecule has 1 aliphatic carbocycles. The zero-order chi connectivity index (χ0) is 18.4. The molecule has 5 rings (SSSR count). The van der Waals surface area contributed by atoms with Gasteiger partial charge in [0.15, 0.2) is 0 Å². The number of halogens is 1. The van der Waals surface area contributed by atoms with E-state index in [1.165, 1.54) is 18.4 Å². The Kier molecular flexibility index (Phi) is 3.97. The van der Waals surface area contributed by atoms with Crippen LogP contribution in [0.3, 0.4) is 0 Å². The van der Waals surface area contributed by atoms with Gasteiger partial charge in [-0.2, -0.15) is 0 Å². The second-order valence-electron chi connectivity index (χ2n) is 6.82. The third-order valence-corrected chi connectivity index (χ3v) is 5.35. The molecule has 3 aromatic heterocycles. The van der Waals surface area contributed by atoms with E-state index in [4.69, 9.17) is 9.72 Å². The molecule has 0 bridgehead atoms. The van der Waals surface area contributed by atoms with Crippen LogP contribution in [0.1, 0.15) is 24.4 Å². The van der Waals surface area contributed by atoms with Gasteiger partial charge >= 0.3 is 0 Å². The van der Waals surface area contributed by atoms with Crippen LogP contribution in [0.5, 0.6) is 5.88 Å². The quantitative estimate of drug-likeness (QED) is 0.475. The molecule has 1 fully saturated rings. The minimum atomic E-state index is 0.525. The Morgan fingerprint density at radius 1 is 1.15 bits per heavy atom. The van der Waals surface area contributed by atoms with Gasteiger partial charge in [-0.15, -0.1) is 0 Å². The molecule has 0 atom stereocenters. The average Bonchev–Trinajstić information content (AvgIpc) is 3.30. The van der Waals surface area contributed by atoms with E-state index in [0.717, 1.165) is 32.8 Å². The zero-order valence-corrected chi connectivity index (χ0v) is 16.4. The molecule has 1 aliphatic rings. The summed E-state index contributed by atoms with van der Waals surface area (Å²) < 4.78 is 10.7. The van der Waals surface area contributed by atoms with E-state index >= 15 is 0 Å². The Morgan fingerprint density at radius 3 is 2.85 bits per heavy atom. The summed E-state index contributed by atoms with van der Waals surface area (Å²) in [5, 5.41) is 0. The highest BCUT2D eigenvalue weighted by atomic mass is 79.9. The Bertz CT molecular complexity index is 1130. The van der Waals surface area contributed by atoms with E-state index in [1.807, 2.05) is 23.0 Å². The fraction of sp³-hybridized carbons (Fsp3) is 0.250. The maximum absolute atomic E-state index is 5.34. The van der Waals surface area contributed by atoms with Crippen molar-refractivity contribution in [2.24, 2.45) is 0 Å². The van der Waals surface area contributed by atoms with Crippen LogP contribution in [-0.2, 0) is 6.54 Å². The highest BCUT2D eigenvalue weighted by molar-refractivity contribution is 9.10. The molecule has 0 N–H and O–H groups in total. The molecule has 0 saturated heterocycles. The minimum Gasteiger partial charge on any atom is -0.481 e. The molecule has 0 amide bonds. The number of rotatable bonds is 5. The van der Waals surface area contributed by atoms with E-state index in [1.54, 1.807) is 19.6 Å². The number of imidazole rings is 2. The van der Waals surface area contributed by atoms with Crippen LogP contribution in [0, 0.1) is 0 Å². The van der Waals surface area contributed by atoms with Crippen molar-refractivity contribution in [3.05, 3.63) is 59.2 Å². The first-order valence-electron chi connectivity index (χ1n) is 8.89. The molecule has 6 nitrogen and oxygen atoms in total. The number of benzene rings is 1. The van der Waals surface area contributed by atoms with Gasteiger partial charge in [-0.25, -0.2) is 9.97 Å². The SMILES string of the molecule is COc1cncn1Cc1cncc(-c2nc3ccc(Br)cc3n2C2CC2)c1. The lowest BCUT2D eigenvalue weighted by molar-refractivity contribution is 0.377. The van der Waals surface area contributed by atoms with Gasteiger partial charge in [0.05, 0.1) is 37.2 Å². The number of aromatic nitrogens is 5. The second-order valence-corrected chi connectivity index (χ2v) is 7.73. The molecule has 0 radical (unpaired) electrons. The van der Waals surface area contributed by atoms with Crippen molar-refractivity contribution in [3.63, 3.8) is 0 Å². The Morgan fingerprint density at radius 2 is 2.04 bits per heavy atom. The molecule has 1 aromatic carbocycles. The fourth-order valence-electron chi connectivity index (χ4n) is 3.46. The summed E-state index contributed by atoms with van der Waals surface area (Å²) in [5.74, 6) is 1.72. The first-order chi connectivity index (χ1) is 13.2. The summed E-state index contributed by atoms with van der Waals surface area (Å²) in [5.41, 5.74) is 4.30. The summed E-state index contributed by atoms with van der Waals surface area (Å²) in [4.78, 5) is 13.5. The maximum Gasteiger partial charge on any atom is 0.213 e. The van der Waals surface area contributed by atoms with Crippen molar-refractivity contribution in [1.82, 2.24) is 24.1 Å². The van der Waals surface area contributed by atoms with Crippen molar-refractivity contribution >= 4 is 27.0 Å². The number of nitrogens with zero attached hydrogens (tertiary/aromatic N) is 5. The van der Waals surface area contributed by atoms with Crippen LogP contribution in [0.15, 0.2) is 53.7 Å². The molecular weight excluding hydrogens is 406 g/mol. The minimum absolute atomic E-state index is 0.525. The van der Waals surface area contributed by atoms with Gasteiger partial charge in [-0.05, 0) is 42.7 Å². The van der Waals surface area contributed by atoms with Gasteiger partial charge in [0, 0.05) is 28.5 Å². The number of pyridine rings is 1. The van der Waals surface area contributed by atoms with Crippen molar-refractivity contribution in [1.29, 1.82) is 0 Å². The predicted octanol–water partition coefficient (Wildman–Crippen LogP) is 4.45. The molecule has 3 heterocycles. The van der Waals surface area contributed by atoms with Crippen LogP contribution in [-0.4, -0.2) is 31.2 Å². The standard InChI is InChI=1S/C20H18BrN5O/c1-27-19-10-23-12-25(19)11-13-6-14(9-22-8-13)20-24-17-5-2-15(21)7-18(17)26(20)16-3-4-16/h2,5-10,12,16H,3-4,11H2,1H3. The van der Waals surface area contributed by atoms with Crippen molar-refractivity contribution in [2.75, 3.05) is 7.11 Å². The third-order valence-electron chi connectivity index (χ3n) is 4.85. The summed E-state index contributed by atoms with van der Waals surface area (Å²) in [6, 6.07) is 8.93. The van der Waals surface area contributed by atoms with Crippen LogP contribution in [0.4, 0.5) is 0 Å². The van der Waals surface area contributed by atoms with Crippen LogP contribution in [0.2, 0.25) is 0 Å². The summed E-state index contributed by atoms with van der Waals surface area (Å²) >= 11 is 3.59. The van der Waals surface area contributed by atoms with Crippen LogP contribution < -0.4 is 4.74 Å². The smallest absolute Gasteiger partial charge is 0.213 e. The number of ether oxygens (including phenoxy) is 1. The average molecular weight is 424 g/mol. The van der Waals surface area contributed by atoms with E-state index in [2.05, 4.69) is 48.7 Å². The second kappa shape index (κ2) is 6.49. The number of hydrogen-bond acceptors (Lipinski definition) is 4. The topological polar surface area (TPSA) is 57.8 Å². The van der Waals surface area contributed by atoms with E-state index in [-0.39, 0.29) is 0 Å². The van der Waals surface area contributed by atoms with Crippen molar-refractivity contribution < 1.29 is 4.74 Å². The van der Waals surface area contributed by atoms with Crippen LogP contribution >= 0.6 is 15.9 Å². The predicted molar refractivity (Wildman–Crippen MR) is 107 cm³/mol. The first-order valence-corrected chi connectivity index (χ1v) is 9.68. The zero-order valence-electron chi connectivity index (χ0n) is 14.8. The molecule has 136 valence electrons. The van der Waals surface area contributed by atoms with Gasteiger partial charge in [0.2, 0.25) is 5.88 Å². The highest BCUT2D eigenvalue weighted by Crippen LogP contribution is 2.41. The van der Waals surface area contributed by atoms with Gasteiger partial charge in [0.1, 0.15) is 5.82 Å².